The van der Waals surface area contributed by atoms with Crippen LogP contribution < -0.4 is 10.6 Å². The molecule has 166 valence electrons. The number of guanidine groups is 1. The first kappa shape index (κ1) is 26.1. The van der Waals surface area contributed by atoms with Crippen molar-refractivity contribution in [3.8, 4) is 0 Å². The Balaban J connectivity index is 0.00000420. The van der Waals surface area contributed by atoms with Crippen molar-refractivity contribution in [3.05, 3.63) is 35.1 Å². The summed E-state index contributed by atoms with van der Waals surface area (Å²) >= 11 is 0. The van der Waals surface area contributed by atoms with Gasteiger partial charge >= 0.3 is 0 Å². The van der Waals surface area contributed by atoms with Crippen LogP contribution in [0.4, 0.5) is 4.39 Å². The Labute approximate surface area is 191 Å². The molecule has 1 saturated carbocycles. The number of nitrogens with zero attached hydrogens (tertiary/aromatic N) is 1. The molecule has 1 fully saturated rings. The monoisotopic (exact) mass is 541 g/mol. The van der Waals surface area contributed by atoms with Crippen LogP contribution in [0, 0.1) is 11.2 Å². The summed E-state index contributed by atoms with van der Waals surface area (Å²) in [5.41, 5.74) is 1.41. The molecule has 0 radical (unpaired) electrons. The van der Waals surface area contributed by atoms with Crippen molar-refractivity contribution in [2.75, 3.05) is 33.1 Å². The van der Waals surface area contributed by atoms with E-state index in [-0.39, 0.29) is 41.7 Å². The number of nitrogens with one attached hydrogen (secondary N) is 2. The lowest BCUT2D eigenvalue weighted by Gasteiger charge is -2.42. The predicted octanol–water partition coefficient (Wildman–Crippen LogP) is 3.25. The lowest BCUT2D eigenvalue weighted by atomic mass is 9.67. The molecule has 0 atom stereocenters. The van der Waals surface area contributed by atoms with Gasteiger partial charge in [-0.1, -0.05) is 12.5 Å². The minimum Gasteiger partial charge on any atom is -0.385 e. The Hall–Kier alpha value is -0.940. The minimum absolute atomic E-state index is 0. The van der Waals surface area contributed by atoms with Gasteiger partial charge in [-0.15, -0.1) is 24.0 Å². The Kier molecular flexibility index (Phi) is 10.8. The summed E-state index contributed by atoms with van der Waals surface area (Å²) in [5.74, 6) is 0.136. The van der Waals surface area contributed by atoms with Crippen LogP contribution in [0.3, 0.4) is 0 Å². The van der Waals surface area contributed by atoms with Gasteiger partial charge in [0.1, 0.15) is 5.82 Å². The van der Waals surface area contributed by atoms with Gasteiger partial charge in [0.25, 0.3) is 0 Å². The van der Waals surface area contributed by atoms with Gasteiger partial charge in [0.05, 0.1) is 12.3 Å². The summed E-state index contributed by atoms with van der Waals surface area (Å²) in [5, 5.41) is 6.60. The summed E-state index contributed by atoms with van der Waals surface area (Å²) in [6.45, 7) is 4.45. The molecule has 2 N–H and O–H groups in total. The molecule has 1 aliphatic rings. The number of hydrogen-bond acceptors (Lipinski definition) is 4. The molecule has 0 aliphatic heterocycles. The van der Waals surface area contributed by atoms with E-state index in [1.54, 1.807) is 7.11 Å². The smallest absolute Gasteiger partial charge is 0.191 e. The van der Waals surface area contributed by atoms with Gasteiger partial charge in [-0.3, -0.25) is 0 Å². The van der Waals surface area contributed by atoms with Crippen LogP contribution in [-0.4, -0.2) is 47.4 Å². The van der Waals surface area contributed by atoms with Crippen molar-refractivity contribution in [3.63, 3.8) is 0 Å². The third kappa shape index (κ3) is 8.75. The van der Waals surface area contributed by atoms with Crippen molar-refractivity contribution in [1.82, 2.24) is 10.6 Å². The maximum Gasteiger partial charge on any atom is 0.191 e. The van der Waals surface area contributed by atoms with Crippen molar-refractivity contribution < 1.29 is 17.5 Å². The molecular weight excluding hydrogens is 508 g/mol. The maximum absolute atomic E-state index is 13.7. The van der Waals surface area contributed by atoms with Crippen molar-refractivity contribution >= 4 is 39.8 Å². The van der Waals surface area contributed by atoms with Crippen LogP contribution in [0.15, 0.2) is 23.2 Å². The highest BCUT2D eigenvalue weighted by atomic mass is 127. The van der Waals surface area contributed by atoms with E-state index in [2.05, 4.69) is 15.6 Å². The lowest BCUT2D eigenvalue weighted by Crippen LogP contribution is -2.47. The second-order valence-corrected chi connectivity index (χ2v) is 9.77. The van der Waals surface area contributed by atoms with E-state index >= 15 is 0 Å². The standard InChI is InChI=1S/C20H32FN3O3S.HI/c1-4-22-19(24-15-20(8-5-9-20)10-11-27-2)23-13-17-12-18(21)7-6-16(17)14-28(3,25)26;/h6-7,12H,4-5,8-11,13-15H2,1-3H3,(H2,22,23,24);1H. The van der Waals surface area contributed by atoms with E-state index in [1.165, 1.54) is 43.7 Å². The summed E-state index contributed by atoms with van der Waals surface area (Å²) in [7, 11) is -1.49. The number of benzene rings is 1. The number of hydrogen-bond donors (Lipinski definition) is 2. The van der Waals surface area contributed by atoms with Crippen LogP contribution >= 0.6 is 24.0 Å². The summed E-state index contributed by atoms with van der Waals surface area (Å²) in [6, 6.07) is 4.17. The molecule has 1 aromatic carbocycles. The quantitative estimate of drug-likeness (QED) is 0.270. The third-order valence-corrected chi connectivity index (χ3v) is 6.05. The molecule has 1 aromatic rings. The third-order valence-electron chi connectivity index (χ3n) is 5.22. The summed E-state index contributed by atoms with van der Waals surface area (Å²) in [6.07, 6.45) is 5.76. The van der Waals surface area contributed by atoms with Gasteiger partial charge in [-0.25, -0.2) is 17.8 Å². The number of aliphatic imine (C=N–C) groups is 1. The molecule has 0 heterocycles. The Bertz CT molecular complexity index is 783. The Morgan fingerprint density at radius 2 is 2.00 bits per heavy atom. The highest BCUT2D eigenvalue weighted by Crippen LogP contribution is 2.43. The molecule has 0 aromatic heterocycles. The summed E-state index contributed by atoms with van der Waals surface area (Å²) in [4.78, 5) is 4.56. The highest BCUT2D eigenvalue weighted by molar-refractivity contribution is 14.0. The fraction of sp³-hybridized carbons (Fsp3) is 0.650. The van der Waals surface area contributed by atoms with Gasteiger partial charge in [0, 0.05) is 33.1 Å². The van der Waals surface area contributed by atoms with E-state index in [9.17, 15) is 12.8 Å². The molecule has 29 heavy (non-hydrogen) atoms. The topological polar surface area (TPSA) is 79.8 Å². The van der Waals surface area contributed by atoms with E-state index < -0.39 is 15.7 Å². The molecule has 6 nitrogen and oxygen atoms in total. The molecule has 0 bridgehead atoms. The molecule has 2 rings (SSSR count). The second kappa shape index (κ2) is 12.0. The fourth-order valence-corrected chi connectivity index (χ4v) is 4.30. The number of ether oxygens (including phenoxy) is 1. The first-order valence-corrected chi connectivity index (χ1v) is 11.8. The SMILES string of the molecule is CCNC(=NCc1cc(F)ccc1CS(C)(=O)=O)NCC1(CCOC)CCC1.I. The van der Waals surface area contributed by atoms with Gasteiger partial charge in [-0.2, -0.15) is 0 Å². The van der Waals surface area contributed by atoms with Crippen molar-refractivity contribution in [1.29, 1.82) is 0 Å². The van der Waals surface area contributed by atoms with Gasteiger partial charge in [-0.05, 0) is 54.9 Å². The normalized spacial score (nSPS) is 15.9. The van der Waals surface area contributed by atoms with Gasteiger partial charge in [0.2, 0.25) is 0 Å². The zero-order valence-corrected chi connectivity index (χ0v) is 20.6. The average molecular weight is 541 g/mol. The zero-order valence-electron chi connectivity index (χ0n) is 17.5. The van der Waals surface area contributed by atoms with Gasteiger partial charge in [0.15, 0.2) is 15.8 Å². The number of sulfone groups is 1. The van der Waals surface area contributed by atoms with E-state index in [1.807, 2.05) is 6.92 Å². The minimum atomic E-state index is -3.21. The first-order valence-electron chi connectivity index (χ1n) is 9.73. The largest absolute Gasteiger partial charge is 0.385 e. The van der Waals surface area contributed by atoms with E-state index in [0.29, 0.717) is 23.6 Å². The van der Waals surface area contributed by atoms with Gasteiger partial charge < -0.3 is 15.4 Å². The van der Waals surface area contributed by atoms with E-state index in [4.69, 9.17) is 4.74 Å². The predicted molar refractivity (Wildman–Crippen MR) is 126 cm³/mol. The molecule has 0 spiro atoms. The Morgan fingerprint density at radius 3 is 2.55 bits per heavy atom. The van der Waals surface area contributed by atoms with Crippen molar-refractivity contribution in [2.45, 2.75) is 44.9 Å². The molecule has 0 amide bonds. The summed E-state index contributed by atoms with van der Waals surface area (Å²) < 4.78 is 42.2. The number of methoxy groups -OCH3 is 1. The second-order valence-electron chi connectivity index (χ2n) is 7.63. The van der Waals surface area contributed by atoms with Crippen LogP contribution in [0.1, 0.15) is 43.7 Å². The molecule has 0 saturated heterocycles. The molecule has 0 unspecified atom stereocenters. The number of rotatable bonds is 10. The average Bonchev–Trinajstić information content (AvgIpc) is 2.59. The van der Waals surface area contributed by atoms with Crippen LogP contribution in [0.2, 0.25) is 0 Å². The zero-order chi connectivity index (χ0) is 20.6. The lowest BCUT2D eigenvalue weighted by molar-refractivity contribution is 0.0732. The van der Waals surface area contributed by atoms with Crippen LogP contribution in [0.25, 0.3) is 0 Å². The Morgan fingerprint density at radius 1 is 1.28 bits per heavy atom. The van der Waals surface area contributed by atoms with Crippen molar-refractivity contribution in [2.24, 2.45) is 10.4 Å². The highest BCUT2D eigenvalue weighted by Gasteiger charge is 2.36. The molecular formula is C20H33FIN3O3S. The van der Waals surface area contributed by atoms with Crippen LogP contribution in [-0.2, 0) is 26.9 Å². The first-order chi connectivity index (χ1) is 13.3. The van der Waals surface area contributed by atoms with E-state index in [0.717, 1.165) is 19.6 Å². The fourth-order valence-electron chi connectivity index (χ4n) is 3.45. The number of halogens is 2. The maximum atomic E-state index is 13.7. The molecule has 1 aliphatic carbocycles. The molecule has 9 heteroatoms. The van der Waals surface area contributed by atoms with Crippen LogP contribution in [0.5, 0.6) is 0 Å².